The largest absolute Gasteiger partial charge is 0.299 e. The van der Waals surface area contributed by atoms with Crippen molar-refractivity contribution in [1.29, 1.82) is 0 Å². The van der Waals surface area contributed by atoms with Crippen molar-refractivity contribution in [3.8, 4) is 0 Å². The van der Waals surface area contributed by atoms with E-state index in [1.165, 1.54) is 25.9 Å². The molecule has 2 heterocycles. The minimum Gasteiger partial charge on any atom is -0.299 e. The van der Waals surface area contributed by atoms with Gasteiger partial charge in [0, 0.05) is 19.1 Å². The summed E-state index contributed by atoms with van der Waals surface area (Å²) in [5, 5.41) is 0. The van der Waals surface area contributed by atoms with Gasteiger partial charge in [0.25, 0.3) is 0 Å². The Bertz CT molecular complexity index is 295. The quantitative estimate of drug-likeness (QED) is 0.611. The summed E-state index contributed by atoms with van der Waals surface area (Å²) < 4.78 is 0. The van der Waals surface area contributed by atoms with Gasteiger partial charge in [0.05, 0.1) is 0 Å². The van der Waals surface area contributed by atoms with Gasteiger partial charge in [-0.1, -0.05) is 48.5 Å². The average Bonchev–Trinajstić information content (AvgIpc) is 2.31. The van der Waals surface area contributed by atoms with Crippen molar-refractivity contribution in [2.45, 2.75) is 67.3 Å². The molecule has 0 bridgehead atoms. The molecular formula is C16H31N. The summed E-state index contributed by atoms with van der Waals surface area (Å²) in [6.07, 6.45) is 2.82. The maximum absolute atomic E-state index is 2.79. The third kappa shape index (κ3) is 2.05. The maximum Gasteiger partial charge on any atom is 0.0152 e. The summed E-state index contributed by atoms with van der Waals surface area (Å²) in [6, 6.07) is 0.816. The first kappa shape index (κ1) is 13.4. The lowest BCUT2D eigenvalue weighted by molar-refractivity contribution is 0.0472. The lowest BCUT2D eigenvalue weighted by Crippen LogP contribution is -2.47. The highest BCUT2D eigenvalue weighted by Gasteiger charge is 2.54. The lowest BCUT2D eigenvalue weighted by atomic mass is 9.65. The molecule has 2 rings (SSSR count). The number of hydrogen-bond acceptors (Lipinski definition) is 1. The Kier molecular flexibility index (Phi) is 2.94. The number of fused-ring (bicyclic) bond motifs is 1. The van der Waals surface area contributed by atoms with Gasteiger partial charge in [0.15, 0.2) is 0 Å². The molecule has 2 unspecified atom stereocenters. The fourth-order valence-electron chi connectivity index (χ4n) is 3.90. The second-order valence-electron chi connectivity index (χ2n) is 8.69. The average molecular weight is 237 g/mol. The molecule has 0 N–H and O–H groups in total. The zero-order chi connectivity index (χ0) is 13.1. The minimum absolute atomic E-state index is 0.463. The third-order valence-electron chi connectivity index (χ3n) is 6.08. The molecule has 0 aromatic rings. The normalized spacial score (nSPS) is 36.9. The first-order valence-electron chi connectivity index (χ1n) is 7.30. The molecule has 0 saturated carbocycles. The highest BCUT2D eigenvalue weighted by atomic mass is 15.2. The number of nitrogens with zero attached hydrogens (tertiary/aromatic N) is 1. The van der Waals surface area contributed by atoms with Crippen LogP contribution in [0.1, 0.15) is 61.3 Å². The molecule has 2 fully saturated rings. The van der Waals surface area contributed by atoms with Crippen LogP contribution in [0.4, 0.5) is 0 Å². The molecule has 1 nitrogen and oxygen atoms in total. The van der Waals surface area contributed by atoms with Crippen molar-refractivity contribution in [2.75, 3.05) is 13.1 Å². The monoisotopic (exact) mass is 237 g/mol. The van der Waals surface area contributed by atoms with Gasteiger partial charge < -0.3 is 0 Å². The topological polar surface area (TPSA) is 3.24 Å². The molecule has 2 atom stereocenters. The van der Waals surface area contributed by atoms with E-state index in [2.05, 4.69) is 53.4 Å². The predicted molar refractivity (Wildman–Crippen MR) is 75.1 cm³/mol. The Hall–Kier alpha value is -0.0400. The maximum atomic E-state index is 2.79. The Morgan fingerprint density at radius 3 is 2.12 bits per heavy atom. The predicted octanol–water partition coefficient (Wildman–Crippen LogP) is 4.18. The van der Waals surface area contributed by atoms with Crippen LogP contribution in [0, 0.1) is 22.2 Å². The number of piperidine rings is 1. The minimum atomic E-state index is 0.463. The smallest absolute Gasteiger partial charge is 0.0152 e. The van der Waals surface area contributed by atoms with Crippen LogP contribution < -0.4 is 0 Å². The van der Waals surface area contributed by atoms with Crippen LogP contribution in [-0.2, 0) is 0 Å². The van der Waals surface area contributed by atoms with Crippen LogP contribution in [0.5, 0.6) is 0 Å². The highest BCUT2D eigenvalue weighted by molar-refractivity contribution is 5.06. The second-order valence-corrected chi connectivity index (χ2v) is 8.69. The summed E-state index contributed by atoms with van der Waals surface area (Å²) in [5.74, 6) is 0.878. The van der Waals surface area contributed by atoms with Crippen molar-refractivity contribution in [3.05, 3.63) is 0 Å². The van der Waals surface area contributed by atoms with Crippen LogP contribution in [0.2, 0.25) is 0 Å². The van der Waals surface area contributed by atoms with E-state index in [-0.39, 0.29) is 0 Å². The van der Waals surface area contributed by atoms with E-state index >= 15 is 0 Å². The third-order valence-corrected chi connectivity index (χ3v) is 6.08. The molecule has 2 aliphatic rings. The van der Waals surface area contributed by atoms with Crippen LogP contribution >= 0.6 is 0 Å². The SMILES string of the molecule is CC(C)(C)C1CCC2N(C1)CC(C)(C)C2(C)C. The number of hydrogen-bond donors (Lipinski definition) is 0. The summed E-state index contributed by atoms with van der Waals surface area (Å²) >= 11 is 0. The van der Waals surface area contributed by atoms with Crippen molar-refractivity contribution in [1.82, 2.24) is 4.90 Å². The van der Waals surface area contributed by atoms with E-state index in [1.807, 2.05) is 0 Å². The van der Waals surface area contributed by atoms with Crippen LogP contribution in [-0.4, -0.2) is 24.0 Å². The molecular weight excluding hydrogens is 206 g/mol. The zero-order valence-electron chi connectivity index (χ0n) is 12.9. The van der Waals surface area contributed by atoms with Gasteiger partial charge in [-0.15, -0.1) is 0 Å². The second kappa shape index (κ2) is 3.73. The Labute approximate surface area is 108 Å². The summed E-state index contributed by atoms with van der Waals surface area (Å²) in [4.78, 5) is 2.79. The summed E-state index contributed by atoms with van der Waals surface area (Å²) in [7, 11) is 0. The van der Waals surface area contributed by atoms with Gasteiger partial charge in [-0.05, 0) is 35.0 Å². The first-order chi connectivity index (χ1) is 7.56. The van der Waals surface area contributed by atoms with Crippen molar-refractivity contribution in [2.24, 2.45) is 22.2 Å². The van der Waals surface area contributed by atoms with E-state index in [0.717, 1.165) is 12.0 Å². The fraction of sp³-hybridized carbons (Fsp3) is 1.00. The van der Waals surface area contributed by atoms with Crippen LogP contribution in [0.25, 0.3) is 0 Å². The summed E-state index contributed by atoms with van der Waals surface area (Å²) in [5.41, 5.74) is 1.40. The summed E-state index contributed by atoms with van der Waals surface area (Å²) in [6.45, 7) is 19.7. The standard InChI is InChI=1S/C16H31N/c1-14(2,3)12-8-9-13-16(6,7)15(4,5)11-17(13)10-12/h12-13H,8-11H2,1-7H3. The Balaban J connectivity index is 2.16. The molecule has 100 valence electrons. The van der Waals surface area contributed by atoms with Gasteiger partial charge in [-0.2, -0.15) is 0 Å². The molecule has 2 saturated heterocycles. The first-order valence-corrected chi connectivity index (χ1v) is 7.30. The molecule has 2 aliphatic heterocycles. The van der Waals surface area contributed by atoms with E-state index in [0.29, 0.717) is 16.2 Å². The van der Waals surface area contributed by atoms with Crippen molar-refractivity contribution >= 4 is 0 Å². The number of rotatable bonds is 0. The van der Waals surface area contributed by atoms with Gasteiger partial charge in [0.1, 0.15) is 0 Å². The van der Waals surface area contributed by atoms with E-state index in [1.54, 1.807) is 0 Å². The Morgan fingerprint density at radius 1 is 1.00 bits per heavy atom. The van der Waals surface area contributed by atoms with Gasteiger partial charge in [0.2, 0.25) is 0 Å². The van der Waals surface area contributed by atoms with Crippen molar-refractivity contribution < 1.29 is 0 Å². The molecule has 17 heavy (non-hydrogen) atoms. The lowest BCUT2D eigenvalue weighted by Gasteiger charge is -2.45. The molecule has 0 aliphatic carbocycles. The van der Waals surface area contributed by atoms with E-state index < -0.39 is 0 Å². The molecule has 0 radical (unpaired) electrons. The van der Waals surface area contributed by atoms with Gasteiger partial charge >= 0.3 is 0 Å². The van der Waals surface area contributed by atoms with Crippen LogP contribution in [0.3, 0.4) is 0 Å². The van der Waals surface area contributed by atoms with Gasteiger partial charge in [-0.3, -0.25) is 4.90 Å². The molecule has 0 spiro atoms. The zero-order valence-corrected chi connectivity index (χ0v) is 12.9. The van der Waals surface area contributed by atoms with Gasteiger partial charge in [-0.25, -0.2) is 0 Å². The van der Waals surface area contributed by atoms with E-state index in [9.17, 15) is 0 Å². The van der Waals surface area contributed by atoms with Crippen LogP contribution in [0.15, 0.2) is 0 Å². The Morgan fingerprint density at radius 2 is 1.59 bits per heavy atom. The highest BCUT2D eigenvalue weighted by Crippen LogP contribution is 2.54. The molecule has 0 aromatic carbocycles. The molecule has 0 amide bonds. The fourth-order valence-corrected chi connectivity index (χ4v) is 3.90. The van der Waals surface area contributed by atoms with Crippen molar-refractivity contribution in [3.63, 3.8) is 0 Å². The molecule has 1 heteroatoms. The molecule has 0 aromatic heterocycles. The van der Waals surface area contributed by atoms with E-state index in [4.69, 9.17) is 0 Å².